The Labute approximate surface area is 110 Å². The minimum atomic E-state index is -0.924. The lowest BCUT2D eigenvalue weighted by Gasteiger charge is -2.17. The van der Waals surface area contributed by atoms with Gasteiger partial charge >= 0.3 is 0 Å². The molecule has 0 aliphatic carbocycles. The third-order valence-corrected chi connectivity index (χ3v) is 3.35. The molecule has 1 atom stereocenters. The molecule has 0 aliphatic heterocycles. The van der Waals surface area contributed by atoms with E-state index in [0.29, 0.717) is 12.8 Å². The maximum Gasteiger partial charge on any atom is 0.0448 e. The molecule has 0 heterocycles. The third-order valence-electron chi connectivity index (χ3n) is 2.63. The van der Waals surface area contributed by atoms with Crippen LogP contribution in [0.15, 0.2) is 24.3 Å². The number of carbonyl (C=O) groups is 1. The highest BCUT2D eigenvalue weighted by atomic mass is 127. The van der Waals surface area contributed by atoms with Crippen molar-refractivity contribution in [3.8, 4) is 0 Å². The summed E-state index contributed by atoms with van der Waals surface area (Å²) < 4.78 is 1.17. The van der Waals surface area contributed by atoms with Gasteiger partial charge in [-0.25, -0.2) is 0 Å². The van der Waals surface area contributed by atoms with Crippen molar-refractivity contribution in [3.63, 3.8) is 0 Å². The van der Waals surface area contributed by atoms with Gasteiger partial charge in [-0.2, -0.15) is 0 Å². The summed E-state index contributed by atoms with van der Waals surface area (Å²) in [6, 6.07) is 7.98. The van der Waals surface area contributed by atoms with E-state index in [1.807, 2.05) is 24.3 Å². The second-order valence-corrected chi connectivity index (χ2v) is 5.23. The van der Waals surface area contributed by atoms with E-state index in [1.54, 1.807) is 0 Å². The highest BCUT2D eigenvalue weighted by molar-refractivity contribution is 14.1. The van der Waals surface area contributed by atoms with Crippen LogP contribution in [0.5, 0.6) is 0 Å². The van der Waals surface area contributed by atoms with Gasteiger partial charge in [0.25, 0.3) is 0 Å². The SMILES string of the molecule is CCCCC(Cc1ccc(I)cc1)C(=O)[O-]. The van der Waals surface area contributed by atoms with Gasteiger partial charge in [-0.05, 0) is 53.1 Å². The van der Waals surface area contributed by atoms with Crippen molar-refractivity contribution in [3.05, 3.63) is 33.4 Å². The standard InChI is InChI=1S/C13H17IO2/c1-2-3-4-11(13(15)16)9-10-5-7-12(14)8-6-10/h5-8,11H,2-4,9H2,1H3,(H,15,16)/p-1. The first kappa shape index (κ1) is 13.5. The molecular formula is C13H16IO2-. The molecule has 0 amide bonds. The molecule has 0 bridgehead atoms. The molecule has 0 spiro atoms. The first-order chi connectivity index (χ1) is 7.63. The monoisotopic (exact) mass is 331 g/mol. The normalized spacial score (nSPS) is 12.4. The Balaban J connectivity index is 2.60. The number of unbranched alkanes of at least 4 members (excludes halogenated alkanes) is 1. The van der Waals surface area contributed by atoms with Gasteiger partial charge in [0.2, 0.25) is 0 Å². The minimum absolute atomic E-state index is 0.347. The lowest BCUT2D eigenvalue weighted by molar-refractivity contribution is -0.311. The van der Waals surface area contributed by atoms with Crippen LogP contribution in [-0.2, 0) is 11.2 Å². The molecule has 2 nitrogen and oxygen atoms in total. The fourth-order valence-electron chi connectivity index (χ4n) is 1.66. The van der Waals surface area contributed by atoms with E-state index in [1.165, 1.54) is 3.57 Å². The summed E-state index contributed by atoms with van der Waals surface area (Å²) in [5, 5.41) is 11.0. The van der Waals surface area contributed by atoms with Crippen LogP contribution in [0, 0.1) is 9.49 Å². The van der Waals surface area contributed by atoms with Crippen LogP contribution in [0.1, 0.15) is 31.7 Å². The molecule has 0 saturated heterocycles. The number of hydrogen-bond acceptors (Lipinski definition) is 2. The Morgan fingerprint density at radius 2 is 2.00 bits per heavy atom. The zero-order chi connectivity index (χ0) is 12.0. The number of halogens is 1. The molecule has 0 saturated carbocycles. The van der Waals surface area contributed by atoms with Gasteiger partial charge in [-0.1, -0.05) is 31.9 Å². The highest BCUT2D eigenvalue weighted by Gasteiger charge is 2.10. The average molecular weight is 331 g/mol. The quantitative estimate of drug-likeness (QED) is 0.751. The average Bonchev–Trinajstić information content (AvgIpc) is 2.26. The smallest absolute Gasteiger partial charge is 0.0448 e. The minimum Gasteiger partial charge on any atom is -0.550 e. The Hall–Kier alpha value is -0.580. The second-order valence-electron chi connectivity index (χ2n) is 3.99. The summed E-state index contributed by atoms with van der Waals surface area (Å²) in [6.07, 6.45) is 3.27. The van der Waals surface area contributed by atoms with E-state index in [2.05, 4.69) is 29.5 Å². The topological polar surface area (TPSA) is 40.1 Å². The van der Waals surface area contributed by atoms with Gasteiger partial charge in [0.1, 0.15) is 0 Å². The predicted molar refractivity (Wildman–Crippen MR) is 70.9 cm³/mol. The lowest BCUT2D eigenvalue weighted by atomic mass is 9.94. The molecule has 1 rings (SSSR count). The molecule has 0 aromatic heterocycles. The summed E-state index contributed by atoms with van der Waals surface area (Å²) in [4.78, 5) is 11.0. The van der Waals surface area contributed by atoms with Crippen LogP contribution < -0.4 is 5.11 Å². The molecule has 88 valence electrons. The van der Waals surface area contributed by atoms with Crippen molar-refractivity contribution in [2.45, 2.75) is 32.6 Å². The first-order valence-corrected chi connectivity index (χ1v) is 6.66. The Morgan fingerprint density at radius 3 is 2.50 bits per heavy atom. The van der Waals surface area contributed by atoms with Crippen molar-refractivity contribution in [2.24, 2.45) is 5.92 Å². The lowest BCUT2D eigenvalue weighted by Crippen LogP contribution is -2.32. The molecule has 1 aromatic rings. The van der Waals surface area contributed by atoms with Gasteiger partial charge in [-0.15, -0.1) is 0 Å². The number of benzene rings is 1. The molecule has 1 aromatic carbocycles. The van der Waals surface area contributed by atoms with Gasteiger partial charge in [0.05, 0.1) is 0 Å². The van der Waals surface area contributed by atoms with Gasteiger partial charge in [-0.3, -0.25) is 0 Å². The van der Waals surface area contributed by atoms with E-state index in [9.17, 15) is 9.90 Å². The van der Waals surface area contributed by atoms with Gasteiger partial charge in [0.15, 0.2) is 0 Å². The molecular weight excluding hydrogens is 315 g/mol. The van der Waals surface area contributed by atoms with Crippen molar-refractivity contribution in [1.82, 2.24) is 0 Å². The highest BCUT2D eigenvalue weighted by Crippen LogP contribution is 2.16. The molecule has 3 heteroatoms. The van der Waals surface area contributed by atoms with Crippen molar-refractivity contribution in [2.75, 3.05) is 0 Å². The van der Waals surface area contributed by atoms with Crippen LogP contribution in [0.3, 0.4) is 0 Å². The van der Waals surface area contributed by atoms with Crippen LogP contribution >= 0.6 is 22.6 Å². The summed E-state index contributed by atoms with van der Waals surface area (Å²) in [6.45, 7) is 2.07. The predicted octanol–water partition coefficient (Wildman–Crippen LogP) is 2.39. The van der Waals surface area contributed by atoms with Crippen LogP contribution in [0.25, 0.3) is 0 Å². The molecule has 16 heavy (non-hydrogen) atoms. The van der Waals surface area contributed by atoms with Crippen molar-refractivity contribution in [1.29, 1.82) is 0 Å². The first-order valence-electron chi connectivity index (χ1n) is 5.58. The van der Waals surface area contributed by atoms with Crippen molar-refractivity contribution < 1.29 is 9.90 Å². The summed E-state index contributed by atoms with van der Waals surface area (Å²) in [5.41, 5.74) is 1.07. The fraction of sp³-hybridized carbons (Fsp3) is 0.462. The maximum absolute atomic E-state index is 11.0. The van der Waals surface area contributed by atoms with E-state index < -0.39 is 5.97 Å². The maximum atomic E-state index is 11.0. The van der Waals surface area contributed by atoms with Crippen molar-refractivity contribution >= 4 is 28.6 Å². The third kappa shape index (κ3) is 4.51. The Bertz CT molecular complexity index is 332. The summed E-state index contributed by atoms with van der Waals surface area (Å²) in [5.74, 6) is -1.27. The van der Waals surface area contributed by atoms with E-state index in [-0.39, 0.29) is 5.92 Å². The Morgan fingerprint density at radius 1 is 1.38 bits per heavy atom. The van der Waals surface area contributed by atoms with E-state index in [4.69, 9.17) is 0 Å². The summed E-state index contributed by atoms with van der Waals surface area (Å²) in [7, 11) is 0. The molecule has 0 N–H and O–H groups in total. The number of carboxylic acid groups (broad SMARTS) is 1. The number of rotatable bonds is 6. The number of aliphatic carboxylic acids is 1. The second kappa shape index (κ2) is 6.89. The molecule has 0 aliphatic rings. The molecule has 1 unspecified atom stereocenters. The fourth-order valence-corrected chi connectivity index (χ4v) is 2.02. The summed E-state index contributed by atoms with van der Waals surface area (Å²) >= 11 is 2.24. The van der Waals surface area contributed by atoms with E-state index >= 15 is 0 Å². The zero-order valence-electron chi connectivity index (χ0n) is 9.41. The number of hydrogen-bond donors (Lipinski definition) is 0. The van der Waals surface area contributed by atoms with Crippen LogP contribution in [0.4, 0.5) is 0 Å². The largest absolute Gasteiger partial charge is 0.550 e. The number of carbonyl (C=O) groups excluding carboxylic acids is 1. The van der Waals surface area contributed by atoms with Crippen LogP contribution in [-0.4, -0.2) is 5.97 Å². The molecule has 0 fully saturated rings. The van der Waals surface area contributed by atoms with Gasteiger partial charge < -0.3 is 9.90 Å². The molecule has 0 radical (unpaired) electrons. The zero-order valence-corrected chi connectivity index (χ0v) is 11.6. The number of carboxylic acids is 1. The Kier molecular flexibility index (Phi) is 5.80. The van der Waals surface area contributed by atoms with Crippen LogP contribution in [0.2, 0.25) is 0 Å². The van der Waals surface area contributed by atoms with E-state index in [0.717, 1.165) is 18.4 Å². The van der Waals surface area contributed by atoms with Gasteiger partial charge in [0, 0.05) is 15.5 Å².